The van der Waals surface area contributed by atoms with Crippen LogP contribution in [0.2, 0.25) is 0 Å². The van der Waals surface area contributed by atoms with E-state index in [0.717, 1.165) is 0 Å². The van der Waals surface area contributed by atoms with Gasteiger partial charge in [-0.1, -0.05) is 12.1 Å². The highest BCUT2D eigenvalue weighted by Gasteiger charge is 2.19. The smallest absolute Gasteiger partial charge is 0.393 e. The third-order valence-electron chi connectivity index (χ3n) is 2.38. The molecule has 6 heteroatoms. The van der Waals surface area contributed by atoms with Gasteiger partial charge in [-0.15, -0.1) is 4.68 Å². The predicted molar refractivity (Wildman–Crippen MR) is 61.5 cm³/mol. The van der Waals surface area contributed by atoms with Crippen LogP contribution in [0.25, 0.3) is 5.69 Å². The number of nitrogens with zero attached hydrogens (tertiary/aromatic N) is 3. The van der Waals surface area contributed by atoms with Crippen LogP contribution in [0, 0.1) is 17.0 Å². The van der Waals surface area contributed by atoms with E-state index >= 15 is 0 Å². The lowest BCUT2D eigenvalue weighted by Crippen LogP contribution is -1.99. The molecule has 0 saturated heterocycles. The number of rotatable bonds is 3. The normalized spacial score (nSPS) is 10.2. The van der Waals surface area contributed by atoms with Crippen molar-refractivity contribution >= 4 is 5.82 Å². The second-order valence-corrected chi connectivity index (χ2v) is 3.51. The van der Waals surface area contributed by atoms with Gasteiger partial charge < -0.3 is 14.9 Å². The fourth-order valence-corrected chi connectivity index (χ4v) is 1.57. The molecule has 88 valence electrons. The lowest BCUT2D eigenvalue weighted by molar-refractivity contribution is -0.390. The molecule has 1 aromatic carbocycles. The zero-order chi connectivity index (χ0) is 12.4. The van der Waals surface area contributed by atoms with E-state index in [1.807, 2.05) is 12.1 Å². The summed E-state index contributed by atoms with van der Waals surface area (Å²) in [6.45, 7) is 1.65. The van der Waals surface area contributed by atoms with E-state index in [1.54, 1.807) is 32.4 Å². The zero-order valence-electron chi connectivity index (χ0n) is 9.45. The molecular weight excluding hydrogens is 222 g/mol. The molecule has 0 fully saturated rings. The Bertz CT molecular complexity index is 563. The van der Waals surface area contributed by atoms with Crippen LogP contribution in [0.15, 0.2) is 30.5 Å². The maximum absolute atomic E-state index is 10.7. The number of para-hydroxylation sites is 2. The second-order valence-electron chi connectivity index (χ2n) is 3.51. The van der Waals surface area contributed by atoms with E-state index in [2.05, 4.69) is 5.10 Å². The molecule has 0 saturated carbocycles. The summed E-state index contributed by atoms with van der Waals surface area (Å²) in [5.74, 6) is 0.473. The highest BCUT2D eigenvalue weighted by atomic mass is 16.6. The van der Waals surface area contributed by atoms with E-state index < -0.39 is 4.92 Å². The number of ether oxygens (including phenoxy) is 1. The Morgan fingerprint density at radius 1 is 1.41 bits per heavy atom. The molecule has 0 atom stereocenters. The minimum atomic E-state index is -0.499. The number of hydrogen-bond acceptors (Lipinski definition) is 4. The highest BCUT2D eigenvalue weighted by molar-refractivity contribution is 5.47. The fourth-order valence-electron chi connectivity index (χ4n) is 1.57. The molecule has 0 bridgehead atoms. The summed E-state index contributed by atoms with van der Waals surface area (Å²) in [7, 11) is 1.55. The topological polar surface area (TPSA) is 70.2 Å². The Kier molecular flexibility index (Phi) is 2.78. The fraction of sp³-hybridized carbons (Fsp3) is 0.182. The number of methoxy groups -OCH3 is 1. The summed E-state index contributed by atoms with van der Waals surface area (Å²) in [5.41, 5.74) is 1.19. The first kappa shape index (κ1) is 11.1. The maximum atomic E-state index is 10.7. The van der Waals surface area contributed by atoms with Gasteiger partial charge >= 0.3 is 5.82 Å². The number of benzene rings is 1. The zero-order valence-corrected chi connectivity index (χ0v) is 9.45. The van der Waals surface area contributed by atoms with Crippen LogP contribution in [0.1, 0.15) is 5.56 Å². The van der Waals surface area contributed by atoms with Gasteiger partial charge in [0.05, 0.1) is 24.0 Å². The Morgan fingerprint density at radius 2 is 2.12 bits per heavy atom. The average Bonchev–Trinajstić information content (AvgIpc) is 2.71. The van der Waals surface area contributed by atoms with Crippen molar-refractivity contribution in [3.05, 3.63) is 46.1 Å². The molecule has 17 heavy (non-hydrogen) atoms. The molecule has 0 aliphatic carbocycles. The van der Waals surface area contributed by atoms with E-state index in [4.69, 9.17) is 4.74 Å². The number of hydrogen-bond donors (Lipinski definition) is 0. The summed E-state index contributed by atoms with van der Waals surface area (Å²) in [5, 5.41) is 14.6. The van der Waals surface area contributed by atoms with Gasteiger partial charge in [0.2, 0.25) is 0 Å². The standard InChI is InChI=1S/C11H11N3O3/c1-8-7-13(12-11(8)14(15)16)9-5-3-4-6-10(9)17-2/h3-7H,1-2H3. The van der Waals surface area contributed by atoms with Crippen molar-refractivity contribution in [2.45, 2.75) is 6.92 Å². The minimum absolute atomic E-state index is 0.143. The van der Waals surface area contributed by atoms with Gasteiger partial charge in [-0.25, -0.2) is 0 Å². The second kappa shape index (κ2) is 4.25. The van der Waals surface area contributed by atoms with E-state index in [9.17, 15) is 10.1 Å². The van der Waals surface area contributed by atoms with Crippen molar-refractivity contribution in [2.75, 3.05) is 7.11 Å². The molecule has 2 rings (SSSR count). The molecule has 1 heterocycles. The van der Waals surface area contributed by atoms with Crippen LogP contribution in [-0.2, 0) is 0 Å². The molecule has 0 aliphatic rings. The molecule has 0 unspecified atom stereocenters. The number of aromatic nitrogens is 2. The first-order chi connectivity index (χ1) is 8.13. The largest absolute Gasteiger partial charge is 0.494 e. The van der Waals surface area contributed by atoms with Gasteiger partial charge in [-0.05, 0) is 24.0 Å². The van der Waals surface area contributed by atoms with Crippen LogP contribution >= 0.6 is 0 Å². The number of nitro groups is 1. The van der Waals surface area contributed by atoms with Gasteiger partial charge in [-0.3, -0.25) is 0 Å². The van der Waals surface area contributed by atoms with E-state index in [1.165, 1.54) is 4.68 Å². The Labute approximate surface area is 97.6 Å². The summed E-state index contributed by atoms with van der Waals surface area (Å²) in [6.07, 6.45) is 1.61. The van der Waals surface area contributed by atoms with Gasteiger partial charge in [0.1, 0.15) is 11.4 Å². The van der Waals surface area contributed by atoms with Crippen LogP contribution in [0.3, 0.4) is 0 Å². The molecule has 1 aromatic heterocycles. The van der Waals surface area contributed by atoms with Crippen molar-refractivity contribution in [1.29, 1.82) is 0 Å². The summed E-state index contributed by atoms with van der Waals surface area (Å²) in [4.78, 5) is 10.2. The predicted octanol–water partition coefficient (Wildman–Crippen LogP) is 2.10. The third kappa shape index (κ3) is 1.96. The van der Waals surface area contributed by atoms with Crippen molar-refractivity contribution < 1.29 is 9.66 Å². The van der Waals surface area contributed by atoms with Crippen LogP contribution in [-0.4, -0.2) is 21.8 Å². The molecule has 0 amide bonds. The van der Waals surface area contributed by atoms with Gasteiger partial charge in [0.15, 0.2) is 0 Å². The lowest BCUT2D eigenvalue weighted by atomic mass is 10.3. The third-order valence-corrected chi connectivity index (χ3v) is 2.38. The summed E-state index contributed by atoms with van der Waals surface area (Å²) < 4.78 is 6.63. The van der Waals surface area contributed by atoms with Crippen molar-refractivity contribution in [3.8, 4) is 11.4 Å². The van der Waals surface area contributed by atoms with Gasteiger partial charge in [-0.2, -0.15) is 0 Å². The molecule has 0 spiro atoms. The minimum Gasteiger partial charge on any atom is -0.494 e. The quantitative estimate of drug-likeness (QED) is 0.601. The number of aryl methyl sites for hydroxylation is 1. The summed E-state index contributed by atoms with van der Waals surface area (Å²) in [6, 6.07) is 7.21. The molecule has 0 N–H and O–H groups in total. The van der Waals surface area contributed by atoms with Gasteiger partial charge in [0, 0.05) is 0 Å². The molecule has 6 nitrogen and oxygen atoms in total. The molecular formula is C11H11N3O3. The maximum Gasteiger partial charge on any atom is 0.393 e. The van der Waals surface area contributed by atoms with E-state index in [0.29, 0.717) is 17.0 Å². The van der Waals surface area contributed by atoms with E-state index in [-0.39, 0.29) is 5.82 Å². The monoisotopic (exact) mass is 233 g/mol. The first-order valence-corrected chi connectivity index (χ1v) is 4.97. The van der Waals surface area contributed by atoms with Gasteiger partial charge in [0.25, 0.3) is 0 Å². The Balaban J connectivity index is 2.53. The van der Waals surface area contributed by atoms with Crippen molar-refractivity contribution in [1.82, 2.24) is 9.78 Å². The van der Waals surface area contributed by atoms with Crippen LogP contribution < -0.4 is 4.74 Å². The first-order valence-electron chi connectivity index (χ1n) is 4.97. The van der Waals surface area contributed by atoms with Crippen LogP contribution in [0.5, 0.6) is 5.75 Å². The lowest BCUT2D eigenvalue weighted by Gasteiger charge is -2.04. The molecule has 0 aliphatic heterocycles. The average molecular weight is 233 g/mol. The Morgan fingerprint density at radius 3 is 2.71 bits per heavy atom. The molecule has 0 radical (unpaired) electrons. The highest BCUT2D eigenvalue weighted by Crippen LogP contribution is 2.24. The Hall–Kier alpha value is -2.37. The molecule has 2 aromatic rings. The SMILES string of the molecule is COc1ccccc1-n1cc(C)c([N+](=O)[O-])n1. The van der Waals surface area contributed by atoms with Crippen LogP contribution in [0.4, 0.5) is 5.82 Å². The summed E-state index contributed by atoms with van der Waals surface area (Å²) >= 11 is 0. The van der Waals surface area contributed by atoms with Crippen molar-refractivity contribution in [2.24, 2.45) is 0 Å². The van der Waals surface area contributed by atoms with Crippen molar-refractivity contribution in [3.63, 3.8) is 0 Å².